The molecule has 0 fully saturated rings. The quantitative estimate of drug-likeness (QED) is 0.648. The average Bonchev–Trinajstić information content (AvgIpc) is 2.85. The summed E-state index contributed by atoms with van der Waals surface area (Å²) >= 11 is 5.95. The minimum absolute atomic E-state index is 0.0992. The number of para-hydroxylation sites is 1. The van der Waals surface area contributed by atoms with E-state index >= 15 is 0 Å². The molecule has 0 amide bonds. The Morgan fingerprint density at radius 2 is 2.33 bits per heavy atom. The monoisotopic (exact) mass is 268 g/mol. The van der Waals surface area contributed by atoms with Crippen LogP contribution < -0.4 is 5.32 Å². The van der Waals surface area contributed by atoms with Crippen LogP contribution in [0.5, 0.6) is 0 Å². The maximum Gasteiger partial charge on any atom is 0.293 e. The molecule has 1 aromatic carbocycles. The number of tetrazole rings is 1. The van der Waals surface area contributed by atoms with Crippen molar-refractivity contribution in [2.24, 2.45) is 0 Å². The first-order valence-electron chi connectivity index (χ1n) is 5.02. The third-order valence-electron chi connectivity index (χ3n) is 2.30. The van der Waals surface area contributed by atoms with Crippen LogP contribution in [0.15, 0.2) is 18.2 Å². The van der Waals surface area contributed by atoms with Crippen molar-refractivity contribution in [3.63, 3.8) is 0 Å². The average molecular weight is 269 g/mol. The molecule has 9 heteroatoms. The molecule has 1 atom stereocenters. The fourth-order valence-corrected chi connectivity index (χ4v) is 1.67. The zero-order chi connectivity index (χ0) is 13.1. The lowest BCUT2D eigenvalue weighted by Gasteiger charge is -2.12. The molecule has 2 N–H and O–H groups in total. The Morgan fingerprint density at radius 3 is 2.94 bits per heavy atom. The number of nitrogens with one attached hydrogen (secondary N) is 2. The van der Waals surface area contributed by atoms with Crippen molar-refractivity contribution in [1.29, 1.82) is 0 Å². The number of hydrogen-bond acceptors (Lipinski definition) is 6. The second-order valence-corrected chi connectivity index (χ2v) is 3.93. The molecule has 18 heavy (non-hydrogen) atoms. The summed E-state index contributed by atoms with van der Waals surface area (Å²) in [4.78, 5) is 10.4. The third kappa shape index (κ3) is 2.38. The highest BCUT2D eigenvalue weighted by atomic mass is 35.5. The first-order valence-corrected chi connectivity index (χ1v) is 5.40. The Morgan fingerprint density at radius 1 is 1.56 bits per heavy atom. The van der Waals surface area contributed by atoms with E-state index in [0.717, 1.165) is 0 Å². The predicted octanol–water partition coefficient (Wildman–Crippen LogP) is 1.93. The first-order chi connectivity index (χ1) is 8.59. The smallest absolute Gasteiger partial charge is 0.293 e. The number of benzene rings is 1. The number of nitro benzene ring substituents is 1. The molecule has 0 aliphatic rings. The third-order valence-corrected chi connectivity index (χ3v) is 2.61. The van der Waals surface area contributed by atoms with E-state index in [0.29, 0.717) is 5.82 Å². The van der Waals surface area contributed by atoms with Crippen LogP contribution >= 0.6 is 11.6 Å². The number of hydrogen-bond donors (Lipinski definition) is 2. The molecule has 1 unspecified atom stereocenters. The number of aromatic nitrogens is 4. The molecule has 0 aliphatic carbocycles. The molecule has 0 saturated heterocycles. The fourth-order valence-electron chi connectivity index (χ4n) is 1.44. The lowest BCUT2D eigenvalue weighted by atomic mass is 10.2. The van der Waals surface area contributed by atoms with Crippen molar-refractivity contribution >= 4 is 23.0 Å². The van der Waals surface area contributed by atoms with Crippen molar-refractivity contribution in [2.75, 3.05) is 5.32 Å². The molecule has 0 radical (unpaired) electrons. The number of H-pyrrole nitrogens is 1. The molecule has 0 aliphatic heterocycles. The van der Waals surface area contributed by atoms with E-state index in [1.807, 2.05) is 0 Å². The molecule has 2 aromatic rings. The molecule has 1 heterocycles. The number of rotatable bonds is 4. The summed E-state index contributed by atoms with van der Waals surface area (Å²) in [6.07, 6.45) is 0. The van der Waals surface area contributed by atoms with E-state index in [4.69, 9.17) is 11.6 Å². The molecular weight excluding hydrogens is 260 g/mol. The molecule has 8 nitrogen and oxygen atoms in total. The van der Waals surface area contributed by atoms with Crippen LogP contribution in [0.25, 0.3) is 0 Å². The lowest BCUT2D eigenvalue weighted by Crippen LogP contribution is -2.10. The van der Waals surface area contributed by atoms with Gasteiger partial charge in [0.2, 0.25) is 0 Å². The zero-order valence-electron chi connectivity index (χ0n) is 9.29. The van der Waals surface area contributed by atoms with Crippen LogP contribution in [0.1, 0.15) is 18.8 Å². The van der Waals surface area contributed by atoms with Gasteiger partial charge in [0.1, 0.15) is 5.69 Å². The van der Waals surface area contributed by atoms with Crippen molar-refractivity contribution in [3.05, 3.63) is 39.2 Å². The van der Waals surface area contributed by atoms with Gasteiger partial charge < -0.3 is 5.32 Å². The van der Waals surface area contributed by atoms with Gasteiger partial charge in [-0.05, 0) is 13.0 Å². The maximum atomic E-state index is 10.9. The highest BCUT2D eigenvalue weighted by Crippen LogP contribution is 2.33. The van der Waals surface area contributed by atoms with Crippen molar-refractivity contribution in [1.82, 2.24) is 20.6 Å². The lowest BCUT2D eigenvalue weighted by molar-refractivity contribution is -0.384. The number of aromatic amines is 1. The van der Waals surface area contributed by atoms with Crippen LogP contribution in [0.4, 0.5) is 11.4 Å². The van der Waals surface area contributed by atoms with Crippen LogP contribution in [0.3, 0.4) is 0 Å². The standard InChI is InChI=1S/C9H9ClN6O2/c1-5(9-12-14-15-13-9)11-8-6(10)3-2-4-7(8)16(17)18/h2-5,11H,1H3,(H,12,13,14,15). The predicted molar refractivity (Wildman–Crippen MR) is 64.3 cm³/mol. The molecule has 1 aromatic heterocycles. The minimum atomic E-state index is -0.503. The Hall–Kier alpha value is -2.22. The van der Waals surface area contributed by atoms with Gasteiger partial charge >= 0.3 is 0 Å². The fraction of sp³-hybridized carbons (Fsp3) is 0.222. The topological polar surface area (TPSA) is 110 Å². The van der Waals surface area contributed by atoms with Gasteiger partial charge in [-0.15, -0.1) is 10.2 Å². The SMILES string of the molecule is CC(Nc1c(Cl)cccc1[N+](=O)[O-])c1nn[nH]n1. The van der Waals surface area contributed by atoms with Crippen LogP contribution in [-0.4, -0.2) is 25.5 Å². The first kappa shape index (κ1) is 12.2. The van der Waals surface area contributed by atoms with Crippen LogP contribution in [0.2, 0.25) is 5.02 Å². The van der Waals surface area contributed by atoms with Gasteiger partial charge in [-0.1, -0.05) is 22.9 Å². The second-order valence-electron chi connectivity index (χ2n) is 3.53. The number of nitro groups is 1. The number of nitrogens with zero attached hydrogens (tertiary/aromatic N) is 4. The van der Waals surface area contributed by atoms with Crippen molar-refractivity contribution in [3.8, 4) is 0 Å². The van der Waals surface area contributed by atoms with Crippen molar-refractivity contribution in [2.45, 2.75) is 13.0 Å². The van der Waals surface area contributed by atoms with Crippen molar-refractivity contribution < 1.29 is 4.92 Å². The normalized spacial score (nSPS) is 12.1. The Kier molecular flexibility index (Phi) is 3.38. The molecule has 0 spiro atoms. The summed E-state index contributed by atoms with van der Waals surface area (Å²) in [6.45, 7) is 1.75. The van der Waals surface area contributed by atoms with Gasteiger partial charge in [0.15, 0.2) is 5.82 Å². The summed E-state index contributed by atoms with van der Waals surface area (Å²) in [7, 11) is 0. The van der Waals surface area contributed by atoms with Gasteiger partial charge in [0.05, 0.1) is 16.0 Å². The summed E-state index contributed by atoms with van der Waals surface area (Å²) < 4.78 is 0. The number of halogens is 1. The minimum Gasteiger partial charge on any atom is -0.368 e. The van der Waals surface area contributed by atoms with E-state index in [-0.39, 0.29) is 22.4 Å². The maximum absolute atomic E-state index is 10.9. The largest absolute Gasteiger partial charge is 0.368 e. The van der Waals surface area contributed by atoms with Gasteiger partial charge in [-0.2, -0.15) is 5.21 Å². The summed E-state index contributed by atoms with van der Waals surface area (Å²) in [5, 5.41) is 27.4. The Bertz CT molecular complexity index is 558. The molecule has 0 bridgehead atoms. The second kappa shape index (κ2) is 4.96. The molecular formula is C9H9ClN6O2. The highest BCUT2D eigenvalue weighted by Gasteiger charge is 2.20. The molecule has 94 valence electrons. The Labute approximate surface area is 106 Å². The molecule has 0 saturated carbocycles. The summed E-state index contributed by atoms with van der Waals surface area (Å²) in [6, 6.07) is 4.10. The van der Waals surface area contributed by atoms with Crippen LogP contribution in [-0.2, 0) is 0 Å². The number of anilines is 1. The van der Waals surface area contributed by atoms with Gasteiger partial charge in [0.25, 0.3) is 5.69 Å². The van der Waals surface area contributed by atoms with Crippen LogP contribution in [0, 0.1) is 10.1 Å². The van der Waals surface area contributed by atoms with Gasteiger partial charge in [-0.3, -0.25) is 10.1 Å². The van der Waals surface area contributed by atoms with E-state index in [9.17, 15) is 10.1 Å². The van der Waals surface area contributed by atoms with E-state index in [1.54, 1.807) is 13.0 Å². The van der Waals surface area contributed by atoms with Gasteiger partial charge in [0, 0.05) is 6.07 Å². The zero-order valence-corrected chi connectivity index (χ0v) is 10.0. The van der Waals surface area contributed by atoms with E-state index in [1.165, 1.54) is 12.1 Å². The summed E-state index contributed by atoms with van der Waals surface area (Å²) in [5.74, 6) is 0.393. The van der Waals surface area contributed by atoms with E-state index < -0.39 is 4.92 Å². The van der Waals surface area contributed by atoms with E-state index in [2.05, 4.69) is 25.9 Å². The highest BCUT2D eigenvalue weighted by molar-refractivity contribution is 6.33. The van der Waals surface area contributed by atoms with Gasteiger partial charge in [-0.25, -0.2) is 0 Å². The molecule has 2 rings (SSSR count). The Balaban J connectivity index is 2.31. The summed E-state index contributed by atoms with van der Waals surface area (Å²) in [5.41, 5.74) is 0.138.